The van der Waals surface area contributed by atoms with Crippen LogP contribution in [-0.2, 0) is 26.1 Å². The second kappa shape index (κ2) is 43.3. The van der Waals surface area contributed by atoms with Gasteiger partial charge in [0.05, 0.1) is 16.7 Å². The SMILES string of the molecule is CCC(=O)c1cnc(N(C)CC23CC4CC(CC(C4)C2)C3)nc1.CNC(=O)c1ccc(CCCC23CC4CC(CC(C4)C2)C3)cc1F.CNC(=O)c1ccc(CN(C)CC23CC4CC(CC(C4)C2)C3)c(F)c1.CNC(=O)c1ccc(CN(C)CC23CC4CC(CC(C4)C2)C3)c([18F])c1.CNC(=O)c1ccc(CN(C)CC23CC4CC(CC(C4)C2)C3)cc1.CNC(=O)c1cnc(N(C)C23CC4CC(CC(C4)C2)C3)nc1. The molecular weight excluding hydrogens is 1790 g/mol. The standard InChI is InChI=1S/2C21H29FN2O.C21H28FNO.C21H30N2O.C19H27N3O.C17H24N4O/c2*1-23-20(25)17-3-4-18(19(22)8-17)12-24(2)13-21-9-14-5-15(10-21)7-16(6-14)11-21;1-23-20(24)18-5-4-14(10-19(18)22)3-2-6-21-11-15-7-16(12-21)9-17(8-15)13-21;1-22-20(24)19-5-3-15(4-6-19)13-23(2)14-21-10-16-7-17(11-21)9-18(8-16)12-21;1-3-17(23)16-10-20-18(21-11-16)22(2)12-19-7-13-4-14(8-19)6-15(5-13)9-19;1-18-15(22)14-9-19-16(20-10-14)21(2)17-6-11-3-12(7-17)5-13(4-11)8-17/h2*3-4,8,14-16H,5-7,9-13H2,1-2H3,(H,23,25);4-5,10,15-17H,2-3,6-9,11-13H2,1H3,(H,23,24);3-6,16-18H,7-14H2,1-2H3,(H,22,24);10-11,13-15H,3-9,12H2,1-2H3;9-13H,3-8H2,1-2H3,(H,18,22)/i22-1;;;;;. The van der Waals surface area contributed by atoms with Crippen molar-refractivity contribution in [2.45, 2.75) is 289 Å². The van der Waals surface area contributed by atoms with Crippen LogP contribution in [0, 0.1) is 151 Å². The fourth-order valence-corrected chi connectivity index (χ4v) is 36.7. The Kier molecular flexibility index (Phi) is 31.1. The molecule has 0 atom stereocenters. The molecule has 0 unspecified atom stereocenters. The summed E-state index contributed by atoms with van der Waals surface area (Å²) in [5.74, 6) is 17.1. The molecule has 5 amide bonds. The zero-order chi connectivity index (χ0) is 100. The van der Waals surface area contributed by atoms with Crippen LogP contribution in [0.5, 0.6) is 0 Å². The van der Waals surface area contributed by atoms with Crippen LogP contribution in [0.1, 0.15) is 342 Å². The van der Waals surface area contributed by atoms with Crippen molar-refractivity contribution < 1.29 is 41.9 Å². The smallest absolute Gasteiger partial charge is 0.254 e. The molecule has 20 nitrogen and oxygen atoms in total. The molecule has 30 rings (SSSR count). The van der Waals surface area contributed by atoms with Gasteiger partial charge in [0.2, 0.25) is 11.9 Å². The first-order valence-corrected chi connectivity index (χ1v) is 55.9. The topological polar surface area (TPSA) is 230 Å². The number of rotatable bonds is 28. The maximum absolute atomic E-state index is 14.4. The molecule has 23 heteroatoms. The Bertz CT molecular complexity index is 5160. The van der Waals surface area contributed by atoms with Gasteiger partial charge in [0.25, 0.3) is 29.5 Å². The predicted octanol–water partition coefficient (Wildman–Crippen LogP) is 22.0. The van der Waals surface area contributed by atoms with Crippen molar-refractivity contribution in [1.29, 1.82) is 0 Å². The van der Waals surface area contributed by atoms with Crippen LogP contribution in [0.3, 0.4) is 0 Å². The molecule has 24 aliphatic rings. The van der Waals surface area contributed by atoms with E-state index in [9.17, 15) is 41.9 Å². The van der Waals surface area contributed by atoms with E-state index in [1.807, 2.05) is 25.1 Å². The summed E-state index contributed by atoms with van der Waals surface area (Å²) in [6, 6.07) is 22.8. The van der Waals surface area contributed by atoms with E-state index >= 15 is 0 Å². The average Bonchev–Trinajstić information content (AvgIpc) is 0.732. The number of ketones is 1. The van der Waals surface area contributed by atoms with E-state index in [1.165, 1.54) is 269 Å². The first-order valence-electron chi connectivity index (χ1n) is 55.9. The van der Waals surface area contributed by atoms with Crippen LogP contribution < -0.4 is 36.4 Å². The fourth-order valence-electron chi connectivity index (χ4n) is 36.7. The first-order chi connectivity index (χ1) is 68.7. The number of nitrogens with zero attached hydrogens (tertiary/aromatic N) is 9. The van der Waals surface area contributed by atoms with E-state index in [4.69, 9.17) is 0 Å². The van der Waals surface area contributed by atoms with E-state index in [0.717, 1.165) is 169 Å². The summed E-state index contributed by atoms with van der Waals surface area (Å²) in [7, 11) is 18.7. The van der Waals surface area contributed by atoms with E-state index in [0.29, 0.717) is 80.0 Å². The van der Waals surface area contributed by atoms with Gasteiger partial charge in [-0.05, 0) is 465 Å². The molecule has 774 valence electrons. The first kappa shape index (κ1) is 103. The summed E-state index contributed by atoms with van der Waals surface area (Å²) in [6.45, 7) is 8.54. The van der Waals surface area contributed by atoms with Crippen LogP contribution in [0.2, 0.25) is 0 Å². The van der Waals surface area contributed by atoms with Gasteiger partial charge in [0, 0.05) is 160 Å². The Balaban J connectivity index is 0.000000109. The number of carbonyl (C=O) groups is 6. The normalized spacial score (nSPS) is 33.9. The highest BCUT2D eigenvalue weighted by Crippen LogP contribution is 2.67. The molecule has 143 heavy (non-hydrogen) atoms. The molecule has 5 N–H and O–H groups in total. The van der Waals surface area contributed by atoms with E-state index < -0.39 is 5.82 Å². The molecule has 24 saturated carbocycles. The highest BCUT2D eigenvalue weighted by molar-refractivity contribution is 5.97. The Morgan fingerprint density at radius 1 is 0.315 bits per heavy atom. The number of Topliss-reactive ketones (excluding diaryl/α,β-unsaturated/α-hetero) is 1. The van der Waals surface area contributed by atoms with E-state index in [-0.39, 0.29) is 58.1 Å². The lowest BCUT2D eigenvalue weighted by atomic mass is 9.48. The lowest BCUT2D eigenvalue weighted by molar-refractivity contribution is -0.0672. The monoisotopic (exact) mass is 1960 g/mol. The number of halogens is 3. The lowest BCUT2D eigenvalue weighted by Gasteiger charge is -2.59. The van der Waals surface area contributed by atoms with Crippen molar-refractivity contribution in [1.82, 2.24) is 61.2 Å². The van der Waals surface area contributed by atoms with Gasteiger partial charge in [0.1, 0.15) is 17.5 Å². The number of anilines is 2. The van der Waals surface area contributed by atoms with Crippen molar-refractivity contribution in [2.24, 2.45) is 134 Å². The van der Waals surface area contributed by atoms with E-state index in [1.54, 1.807) is 89.4 Å². The maximum Gasteiger partial charge on any atom is 0.254 e. The van der Waals surface area contributed by atoms with Crippen molar-refractivity contribution >= 4 is 47.2 Å². The number of benzene rings is 4. The predicted molar refractivity (Wildman–Crippen MR) is 559 cm³/mol. The number of hydrogen-bond acceptors (Lipinski definition) is 15. The van der Waals surface area contributed by atoms with Crippen molar-refractivity contribution in [3.05, 3.63) is 177 Å². The maximum atomic E-state index is 14.4. The highest BCUT2D eigenvalue weighted by Gasteiger charge is 2.58. The van der Waals surface area contributed by atoms with Gasteiger partial charge in [-0.1, -0.05) is 37.3 Å². The molecule has 0 radical (unpaired) electrons. The third kappa shape index (κ3) is 23.7. The van der Waals surface area contributed by atoms with Crippen molar-refractivity contribution in [2.75, 3.05) is 106 Å². The highest BCUT2D eigenvalue weighted by atomic mass is 19.1. The van der Waals surface area contributed by atoms with E-state index in [2.05, 4.69) is 118 Å². The molecule has 0 aliphatic heterocycles. The summed E-state index contributed by atoms with van der Waals surface area (Å²) in [5, 5.41) is 12.8. The molecule has 6 aromatic rings. The second-order valence-corrected chi connectivity index (χ2v) is 51.4. The fraction of sp³-hybridized carbons (Fsp3) is 0.683. The van der Waals surface area contributed by atoms with Crippen LogP contribution in [-0.4, -0.2) is 172 Å². The Morgan fingerprint density at radius 3 is 0.944 bits per heavy atom. The van der Waals surface area contributed by atoms with Crippen LogP contribution >= 0.6 is 0 Å². The summed E-state index contributed by atoms with van der Waals surface area (Å²) in [4.78, 5) is 99.2. The lowest BCUT2D eigenvalue weighted by Crippen LogP contribution is -2.59. The van der Waals surface area contributed by atoms with Gasteiger partial charge in [-0.25, -0.2) is 33.1 Å². The van der Waals surface area contributed by atoms with Gasteiger partial charge in [-0.15, -0.1) is 0 Å². The third-order valence-electron chi connectivity index (χ3n) is 39.5. The molecule has 4 aromatic carbocycles. The molecule has 2 aromatic heterocycles. The van der Waals surface area contributed by atoms with Gasteiger partial charge < -0.3 is 51.1 Å². The van der Waals surface area contributed by atoms with Crippen LogP contribution in [0.15, 0.2) is 104 Å². The summed E-state index contributed by atoms with van der Waals surface area (Å²) in [5.41, 5.74) is 9.37. The number of aryl methyl sites for hydroxylation is 1. The van der Waals surface area contributed by atoms with Crippen molar-refractivity contribution in [3.63, 3.8) is 0 Å². The van der Waals surface area contributed by atoms with Gasteiger partial charge >= 0.3 is 0 Å². The Labute approximate surface area is 851 Å². The molecule has 2 heterocycles. The van der Waals surface area contributed by atoms with Crippen LogP contribution in [0.4, 0.5) is 25.1 Å². The average molecular weight is 1960 g/mol. The molecule has 24 aliphatic carbocycles. The van der Waals surface area contributed by atoms with Gasteiger partial charge in [-0.2, -0.15) is 0 Å². The van der Waals surface area contributed by atoms with Crippen molar-refractivity contribution in [3.8, 4) is 0 Å². The zero-order valence-corrected chi connectivity index (χ0v) is 88.0. The zero-order valence-electron chi connectivity index (χ0n) is 88.0. The number of amides is 5. The number of hydrogen-bond donors (Lipinski definition) is 5. The summed E-state index contributed by atoms with van der Waals surface area (Å²) in [6.07, 6.45) is 62.1. The number of nitrogens with one attached hydrogen (secondary N) is 5. The quantitative estimate of drug-likeness (QED) is 0.0288. The Hall–Kier alpha value is -8.67. The summed E-state index contributed by atoms with van der Waals surface area (Å²) >= 11 is 0. The van der Waals surface area contributed by atoms with Gasteiger partial charge in [-0.3, -0.25) is 28.8 Å². The molecule has 24 fully saturated rings. The third-order valence-corrected chi connectivity index (χ3v) is 39.5. The Morgan fingerprint density at radius 2 is 0.608 bits per heavy atom. The summed E-state index contributed by atoms with van der Waals surface area (Å²) < 4.78 is 42.9. The number of aromatic nitrogens is 4. The molecule has 0 saturated heterocycles. The molecule has 24 bridgehead atoms. The number of carbonyl (C=O) groups excluding carboxylic acids is 6. The minimum absolute atomic E-state index is 0.0107. The van der Waals surface area contributed by atoms with Crippen LogP contribution in [0.25, 0.3) is 0 Å². The largest absolute Gasteiger partial charge is 0.355 e. The minimum atomic E-state index is -0.401. The molecular formula is C120H167F3N14O6. The minimum Gasteiger partial charge on any atom is -0.355 e. The van der Waals surface area contributed by atoms with Gasteiger partial charge in [0.15, 0.2) is 5.78 Å². The molecule has 0 spiro atoms. The second-order valence-electron chi connectivity index (χ2n) is 51.4.